The highest BCUT2D eigenvalue weighted by atomic mass is 19.2. The van der Waals surface area contributed by atoms with Crippen LogP contribution in [-0.2, 0) is 14.3 Å². The Kier molecular flexibility index (Phi) is 4.08. The number of hydrogen-bond donors (Lipinski definition) is 1. The van der Waals surface area contributed by atoms with Gasteiger partial charge in [-0.15, -0.1) is 0 Å². The molecule has 0 spiro atoms. The number of nitrogens with one attached hydrogen (secondary N) is 1. The molecule has 0 aliphatic carbocycles. The molecule has 120 valence electrons. The van der Waals surface area contributed by atoms with Crippen LogP contribution in [0.5, 0.6) is 0 Å². The summed E-state index contributed by atoms with van der Waals surface area (Å²) in [5.74, 6) is -3.15. The lowest BCUT2D eigenvalue weighted by atomic mass is 9.97. The molecular weight excluding hydrogens is 294 g/mol. The smallest absolute Gasteiger partial charge is 0.331 e. The van der Waals surface area contributed by atoms with E-state index in [1.165, 1.54) is 13.8 Å². The number of fused-ring (bicyclic) bond motifs is 1. The van der Waals surface area contributed by atoms with E-state index in [2.05, 4.69) is 5.32 Å². The van der Waals surface area contributed by atoms with Crippen molar-refractivity contribution in [1.29, 1.82) is 0 Å². The molecular formula is C15H18F2N2O3. The Morgan fingerprint density at radius 3 is 2.55 bits per heavy atom. The van der Waals surface area contributed by atoms with Gasteiger partial charge in [-0.05, 0) is 27.7 Å². The molecule has 0 saturated carbocycles. The lowest BCUT2D eigenvalue weighted by Crippen LogP contribution is -2.59. The van der Waals surface area contributed by atoms with E-state index >= 15 is 0 Å². The maximum absolute atomic E-state index is 13.6. The molecule has 0 aromatic heterocycles. The molecule has 0 bridgehead atoms. The molecule has 5 nitrogen and oxygen atoms in total. The Morgan fingerprint density at radius 2 is 1.95 bits per heavy atom. The molecule has 1 aromatic rings. The molecule has 1 aliphatic heterocycles. The summed E-state index contributed by atoms with van der Waals surface area (Å²) >= 11 is 0. The Hall–Kier alpha value is -2.18. The van der Waals surface area contributed by atoms with Crippen molar-refractivity contribution in [3.63, 3.8) is 0 Å². The number of carbonyl (C=O) groups is 2. The Morgan fingerprint density at radius 1 is 1.36 bits per heavy atom. The van der Waals surface area contributed by atoms with E-state index in [9.17, 15) is 18.4 Å². The SMILES string of the molecule is CCOC(=O)C(C)(C)N1C(=O)C(C)Nc2cc(F)c(F)cc21. The van der Waals surface area contributed by atoms with Crippen LogP contribution in [0.1, 0.15) is 27.7 Å². The standard InChI is InChI=1S/C15H18F2N2O3/c1-5-22-14(21)15(3,4)19-12-7-10(17)9(16)6-11(12)18-8(2)13(19)20/h6-8,18H,5H2,1-4H3. The predicted molar refractivity (Wildman–Crippen MR) is 77.6 cm³/mol. The summed E-state index contributed by atoms with van der Waals surface area (Å²) < 4.78 is 32.0. The first-order valence-electron chi connectivity index (χ1n) is 6.97. The van der Waals surface area contributed by atoms with E-state index in [1.807, 2.05) is 0 Å². The van der Waals surface area contributed by atoms with Gasteiger partial charge in [0.05, 0.1) is 18.0 Å². The summed E-state index contributed by atoms with van der Waals surface area (Å²) in [6.45, 7) is 6.40. The van der Waals surface area contributed by atoms with Crippen molar-refractivity contribution in [3.8, 4) is 0 Å². The van der Waals surface area contributed by atoms with Gasteiger partial charge >= 0.3 is 5.97 Å². The average Bonchev–Trinajstić information content (AvgIpc) is 2.42. The van der Waals surface area contributed by atoms with Crippen LogP contribution in [0.2, 0.25) is 0 Å². The van der Waals surface area contributed by atoms with Gasteiger partial charge < -0.3 is 10.1 Å². The minimum atomic E-state index is -1.34. The number of halogens is 2. The van der Waals surface area contributed by atoms with Gasteiger partial charge in [0.25, 0.3) is 0 Å². The Bertz CT molecular complexity index is 631. The van der Waals surface area contributed by atoms with Gasteiger partial charge in [0.15, 0.2) is 11.6 Å². The molecule has 22 heavy (non-hydrogen) atoms. The average molecular weight is 312 g/mol. The van der Waals surface area contributed by atoms with E-state index in [0.29, 0.717) is 0 Å². The lowest BCUT2D eigenvalue weighted by Gasteiger charge is -2.42. The first-order chi connectivity index (χ1) is 10.2. The second-order valence-electron chi connectivity index (χ2n) is 5.60. The fraction of sp³-hybridized carbons (Fsp3) is 0.467. The largest absolute Gasteiger partial charge is 0.464 e. The molecule has 1 aromatic carbocycles. The normalized spacial score (nSPS) is 17.8. The summed E-state index contributed by atoms with van der Waals surface area (Å²) in [6.07, 6.45) is 0. The number of esters is 1. The van der Waals surface area contributed by atoms with Crippen molar-refractivity contribution in [3.05, 3.63) is 23.8 Å². The van der Waals surface area contributed by atoms with Crippen LogP contribution in [0.25, 0.3) is 0 Å². The van der Waals surface area contributed by atoms with Crippen molar-refractivity contribution in [2.75, 3.05) is 16.8 Å². The molecule has 1 atom stereocenters. The lowest BCUT2D eigenvalue weighted by molar-refractivity contribution is -0.149. The third-order valence-corrected chi connectivity index (χ3v) is 3.58. The minimum absolute atomic E-state index is 0.111. The number of ether oxygens (including phenoxy) is 1. The first kappa shape index (κ1) is 16.2. The highest BCUT2D eigenvalue weighted by Gasteiger charge is 2.45. The molecule has 2 rings (SSSR count). The summed E-state index contributed by atoms with van der Waals surface area (Å²) in [5, 5.41) is 2.80. The number of rotatable bonds is 3. The molecule has 1 N–H and O–H groups in total. The zero-order valence-electron chi connectivity index (χ0n) is 12.9. The van der Waals surface area contributed by atoms with Crippen LogP contribution < -0.4 is 10.2 Å². The number of amides is 1. The van der Waals surface area contributed by atoms with Gasteiger partial charge in [0.1, 0.15) is 11.6 Å². The third kappa shape index (κ3) is 2.51. The van der Waals surface area contributed by atoms with Gasteiger partial charge in [0, 0.05) is 12.1 Å². The molecule has 7 heteroatoms. The molecule has 0 fully saturated rings. The summed E-state index contributed by atoms with van der Waals surface area (Å²) in [7, 11) is 0. The zero-order chi connectivity index (χ0) is 16.7. The fourth-order valence-corrected chi connectivity index (χ4v) is 2.42. The van der Waals surface area contributed by atoms with E-state index in [0.717, 1.165) is 17.0 Å². The molecule has 0 saturated heterocycles. The fourth-order valence-electron chi connectivity index (χ4n) is 2.42. The topological polar surface area (TPSA) is 58.6 Å². The van der Waals surface area contributed by atoms with Gasteiger partial charge in [-0.1, -0.05) is 0 Å². The summed E-state index contributed by atoms with van der Waals surface area (Å²) in [4.78, 5) is 25.8. The summed E-state index contributed by atoms with van der Waals surface area (Å²) in [6, 6.07) is 1.20. The number of nitrogens with zero attached hydrogens (tertiary/aromatic N) is 1. The second kappa shape index (κ2) is 5.55. The van der Waals surface area contributed by atoms with Crippen LogP contribution >= 0.6 is 0 Å². The van der Waals surface area contributed by atoms with Gasteiger partial charge in [-0.25, -0.2) is 13.6 Å². The predicted octanol–water partition coefficient (Wildman–Crippen LogP) is 2.45. The van der Waals surface area contributed by atoms with Crippen molar-refractivity contribution in [1.82, 2.24) is 0 Å². The van der Waals surface area contributed by atoms with Gasteiger partial charge in [-0.2, -0.15) is 0 Å². The maximum Gasteiger partial charge on any atom is 0.331 e. The van der Waals surface area contributed by atoms with Crippen molar-refractivity contribution in [2.45, 2.75) is 39.3 Å². The quantitative estimate of drug-likeness (QED) is 0.871. The molecule has 1 amide bonds. The van der Waals surface area contributed by atoms with Gasteiger partial charge in [0.2, 0.25) is 5.91 Å². The number of benzene rings is 1. The van der Waals surface area contributed by atoms with Gasteiger partial charge in [-0.3, -0.25) is 9.69 Å². The van der Waals surface area contributed by atoms with Crippen molar-refractivity contribution in [2.24, 2.45) is 0 Å². The summed E-state index contributed by atoms with van der Waals surface area (Å²) in [5.41, 5.74) is -0.980. The highest BCUT2D eigenvalue weighted by Crippen LogP contribution is 2.38. The third-order valence-electron chi connectivity index (χ3n) is 3.58. The Labute approximate surface area is 127 Å². The first-order valence-corrected chi connectivity index (χ1v) is 6.97. The highest BCUT2D eigenvalue weighted by molar-refractivity contribution is 6.09. The van der Waals surface area contributed by atoms with E-state index in [1.54, 1.807) is 13.8 Å². The molecule has 1 aliphatic rings. The Balaban J connectivity index is 2.58. The number of hydrogen-bond acceptors (Lipinski definition) is 4. The minimum Gasteiger partial charge on any atom is -0.464 e. The molecule has 1 unspecified atom stereocenters. The number of carbonyl (C=O) groups excluding carboxylic acids is 2. The maximum atomic E-state index is 13.6. The van der Waals surface area contributed by atoms with Crippen LogP contribution in [0, 0.1) is 11.6 Å². The molecule has 0 radical (unpaired) electrons. The van der Waals surface area contributed by atoms with E-state index < -0.39 is 35.1 Å². The monoisotopic (exact) mass is 312 g/mol. The van der Waals surface area contributed by atoms with Crippen LogP contribution in [-0.4, -0.2) is 30.1 Å². The zero-order valence-corrected chi connectivity index (χ0v) is 12.9. The van der Waals surface area contributed by atoms with Crippen molar-refractivity contribution < 1.29 is 23.1 Å². The molecule has 1 heterocycles. The van der Waals surface area contributed by atoms with E-state index in [-0.39, 0.29) is 18.0 Å². The van der Waals surface area contributed by atoms with Crippen molar-refractivity contribution >= 4 is 23.3 Å². The van der Waals surface area contributed by atoms with Crippen LogP contribution in [0.4, 0.5) is 20.2 Å². The second-order valence-corrected chi connectivity index (χ2v) is 5.60. The van der Waals surface area contributed by atoms with E-state index in [4.69, 9.17) is 4.74 Å². The number of anilines is 2. The van der Waals surface area contributed by atoms with Crippen LogP contribution in [0.15, 0.2) is 12.1 Å². The van der Waals surface area contributed by atoms with Crippen LogP contribution in [0.3, 0.4) is 0 Å².